The summed E-state index contributed by atoms with van der Waals surface area (Å²) in [4.78, 5) is 5.68. The summed E-state index contributed by atoms with van der Waals surface area (Å²) in [5.41, 5.74) is 3.96. The summed E-state index contributed by atoms with van der Waals surface area (Å²) < 4.78 is 48.7. The molecular formula is C25H31FN4O3S. The predicted molar refractivity (Wildman–Crippen MR) is 131 cm³/mol. The van der Waals surface area contributed by atoms with E-state index in [-0.39, 0.29) is 18.6 Å². The topological polar surface area (TPSA) is 77.7 Å². The lowest BCUT2D eigenvalue weighted by Gasteiger charge is -2.39. The number of hydrogen-bond acceptors (Lipinski definition) is 4. The molecule has 0 saturated carbocycles. The van der Waals surface area contributed by atoms with Crippen molar-refractivity contribution in [3.8, 4) is 5.75 Å². The number of ether oxygens (including phenoxy) is 1. The SMILES string of the molecule is CNS(=O)(=O)N1[C@H](c2ccc(OCCN3CC(CF)C3)cc2)c2[nH]c3ccccc3c2C[C@H]1C. The first-order valence-electron chi connectivity index (χ1n) is 11.7. The molecule has 5 rings (SSSR count). The van der Waals surface area contributed by atoms with Gasteiger partial charge in [-0.3, -0.25) is 9.29 Å². The van der Waals surface area contributed by atoms with Gasteiger partial charge in [-0.05, 0) is 42.7 Å². The summed E-state index contributed by atoms with van der Waals surface area (Å²) in [5.74, 6) is 0.901. The summed E-state index contributed by atoms with van der Waals surface area (Å²) in [7, 11) is -2.24. The number of nitrogens with one attached hydrogen (secondary N) is 2. The van der Waals surface area contributed by atoms with Crippen molar-refractivity contribution < 1.29 is 17.5 Å². The number of H-pyrrole nitrogens is 1. The van der Waals surface area contributed by atoms with Crippen LogP contribution in [0.4, 0.5) is 4.39 Å². The van der Waals surface area contributed by atoms with Gasteiger partial charge < -0.3 is 9.72 Å². The Kier molecular flexibility index (Phi) is 6.37. The lowest BCUT2D eigenvalue weighted by molar-refractivity contribution is 0.0668. The number of benzene rings is 2. The standard InChI is InChI=1S/C25H31FN4O3S/c1-17-13-22-21-5-3-4-6-23(21)28-24(22)25(30(17)34(31,32)27-2)19-7-9-20(10-8-19)33-12-11-29-15-18(14-26)16-29/h3-10,17-18,25,27-28H,11-16H2,1-2H3/t17-,25-/m1/s1. The quantitative estimate of drug-likeness (QED) is 0.513. The van der Waals surface area contributed by atoms with E-state index in [4.69, 9.17) is 4.74 Å². The number of alkyl halides is 1. The van der Waals surface area contributed by atoms with E-state index in [1.54, 1.807) is 4.31 Å². The van der Waals surface area contributed by atoms with Gasteiger partial charge >= 0.3 is 0 Å². The predicted octanol–water partition coefficient (Wildman–Crippen LogP) is 3.25. The molecule has 7 nitrogen and oxygen atoms in total. The van der Waals surface area contributed by atoms with Crippen LogP contribution in [-0.2, 0) is 16.6 Å². The van der Waals surface area contributed by atoms with E-state index in [0.29, 0.717) is 13.0 Å². The molecule has 1 fully saturated rings. The van der Waals surface area contributed by atoms with Gasteiger partial charge in [-0.1, -0.05) is 30.3 Å². The molecule has 2 aliphatic rings. The second kappa shape index (κ2) is 9.30. The number of nitrogens with zero attached hydrogens (tertiary/aromatic N) is 2. The molecule has 1 aromatic heterocycles. The van der Waals surface area contributed by atoms with Crippen molar-refractivity contribution in [2.45, 2.75) is 25.4 Å². The zero-order chi connectivity index (χ0) is 23.9. The minimum Gasteiger partial charge on any atom is -0.492 e. The molecule has 2 atom stereocenters. The molecule has 34 heavy (non-hydrogen) atoms. The lowest BCUT2D eigenvalue weighted by Crippen LogP contribution is -2.50. The van der Waals surface area contributed by atoms with Crippen molar-refractivity contribution in [3.63, 3.8) is 0 Å². The van der Waals surface area contributed by atoms with Crippen LogP contribution in [0.25, 0.3) is 10.9 Å². The molecule has 0 aliphatic carbocycles. The first kappa shape index (κ1) is 23.3. The van der Waals surface area contributed by atoms with Crippen molar-refractivity contribution in [1.82, 2.24) is 18.9 Å². The minimum atomic E-state index is -3.69. The first-order valence-corrected chi connectivity index (χ1v) is 13.2. The monoisotopic (exact) mass is 486 g/mol. The fraction of sp³-hybridized carbons (Fsp3) is 0.440. The summed E-state index contributed by atoms with van der Waals surface area (Å²) >= 11 is 0. The summed E-state index contributed by atoms with van der Waals surface area (Å²) in [5, 5.41) is 1.14. The second-order valence-corrected chi connectivity index (χ2v) is 11.0. The Balaban J connectivity index is 1.41. The molecule has 9 heteroatoms. The highest BCUT2D eigenvalue weighted by atomic mass is 32.2. The Morgan fingerprint density at radius 3 is 2.59 bits per heavy atom. The van der Waals surface area contributed by atoms with E-state index in [2.05, 4.69) is 20.7 Å². The zero-order valence-corrected chi connectivity index (χ0v) is 20.3. The number of likely N-dealkylation sites (tertiary alicyclic amines) is 1. The normalized spacial score (nSPS) is 22.0. The highest BCUT2D eigenvalue weighted by Gasteiger charge is 2.42. The Bertz CT molecular complexity index is 1250. The largest absolute Gasteiger partial charge is 0.492 e. The van der Waals surface area contributed by atoms with Crippen LogP contribution in [0.15, 0.2) is 48.5 Å². The number of halogens is 1. The molecule has 0 bridgehead atoms. The summed E-state index contributed by atoms with van der Waals surface area (Å²) in [6.07, 6.45) is 0.637. The van der Waals surface area contributed by atoms with E-state index < -0.39 is 16.3 Å². The molecule has 2 aliphatic heterocycles. The van der Waals surface area contributed by atoms with E-state index in [0.717, 1.165) is 53.1 Å². The van der Waals surface area contributed by atoms with E-state index >= 15 is 0 Å². The van der Waals surface area contributed by atoms with Gasteiger partial charge in [0.2, 0.25) is 0 Å². The summed E-state index contributed by atoms with van der Waals surface area (Å²) in [6, 6.07) is 15.1. The van der Waals surface area contributed by atoms with E-state index in [1.165, 1.54) is 7.05 Å². The van der Waals surface area contributed by atoms with Gasteiger partial charge in [0, 0.05) is 55.2 Å². The van der Waals surface area contributed by atoms with Crippen LogP contribution in [-0.4, -0.2) is 68.6 Å². The van der Waals surface area contributed by atoms with Gasteiger partial charge in [-0.25, -0.2) is 4.72 Å². The van der Waals surface area contributed by atoms with Crippen molar-refractivity contribution in [2.24, 2.45) is 5.92 Å². The molecule has 2 aromatic carbocycles. The van der Waals surface area contributed by atoms with E-state index in [1.807, 2.05) is 49.4 Å². The molecule has 3 aromatic rings. The van der Waals surface area contributed by atoms with Gasteiger partial charge in [-0.15, -0.1) is 0 Å². The third-order valence-electron chi connectivity index (χ3n) is 6.97. The molecule has 0 spiro atoms. The molecule has 2 N–H and O–H groups in total. The second-order valence-electron chi connectivity index (χ2n) is 9.25. The van der Waals surface area contributed by atoms with Gasteiger partial charge in [-0.2, -0.15) is 12.7 Å². The minimum absolute atomic E-state index is 0.170. The van der Waals surface area contributed by atoms with Crippen molar-refractivity contribution >= 4 is 21.1 Å². The van der Waals surface area contributed by atoms with Crippen LogP contribution >= 0.6 is 0 Å². The highest BCUT2D eigenvalue weighted by Crippen LogP contribution is 2.42. The van der Waals surface area contributed by atoms with Gasteiger partial charge in [0.1, 0.15) is 12.4 Å². The maximum absolute atomic E-state index is 13.1. The van der Waals surface area contributed by atoms with Crippen LogP contribution in [0, 0.1) is 5.92 Å². The van der Waals surface area contributed by atoms with Crippen LogP contribution in [0.2, 0.25) is 0 Å². The van der Waals surface area contributed by atoms with Crippen LogP contribution < -0.4 is 9.46 Å². The van der Waals surface area contributed by atoms with Gasteiger partial charge in [0.25, 0.3) is 10.2 Å². The zero-order valence-electron chi connectivity index (χ0n) is 19.5. The van der Waals surface area contributed by atoms with Crippen LogP contribution in [0.5, 0.6) is 5.75 Å². The third-order valence-corrected chi connectivity index (χ3v) is 8.61. The Morgan fingerprint density at radius 2 is 1.88 bits per heavy atom. The number of rotatable bonds is 8. The number of fused-ring (bicyclic) bond motifs is 3. The number of para-hydroxylation sites is 1. The summed E-state index contributed by atoms with van der Waals surface area (Å²) in [6.45, 7) is 4.59. The Hall–Kier alpha value is -2.46. The maximum atomic E-state index is 13.1. The average molecular weight is 487 g/mol. The molecular weight excluding hydrogens is 455 g/mol. The fourth-order valence-corrected chi connectivity index (χ4v) is 6.50. The smallest absolute Gasteiger partial charge is 0.280 e. The molecule has 0 unspecified atom stereocenters. The van der Waals surface area contributed by atoms with E-state index in [9.17, 15) is 12.8 Å². The molecule has 0 amide bonds. The van der Waals surface area contributed by atoms with Gasteiger partial charge in [0.05, 0.1) is 12.7 Å². The Morgan fingerprint density at radius 1 is 1.15 bits per heavy atom. The lowest BCUT2D eigenvalue weighted by atomic mass is 9.91. The fourth-order valence-electron chi connectivity index (χ4n) is 5.23. The van der Waals surface area contributed by atoms with Crippen molar-refractivity contribution in [1.29, 1.82) is 0 Å². The number of aromatic amines is 1. The third kappa shape index (κ3) is 4.22. The Labute approximate surface area is 200 Å². The molecule has 1 saturated heterocycles. The number of aromatic nitrogens is 1. The van der Waals surface area contributed by atoms with Crippen molar-refractivity contribution in [3.05, 3.63) is 65.4 Å². The molecule has 182 valence electrons. The highest BCUT2D eigenvalue weighted by molar-refractivity contribution is 7.87. The number of hydrogen-bond donors (Lipinski definition) is 2. The first-order chi connectivity index (χ1) is 16.4. The van der Waals surface area contributed by atoms with Crippen LogP contribution in [0.1, 0.15) is 29.8 Å². The molecule has 3 heterocycles. The van der Waals surface area contributed by atoms with Crippen LogP contribution in [0.3, 0.4) is 0 Å². The van der Waals surface area contributed by atoms with Crippen molar-refractivity contribution in [2.75, 3.05) is 40.0 Å². The molecule has 0 radical (unpaired) electrons. The average Bonchev–Trinajstić information content (AvgIpc) is 3.18. The maximum Gasteiger partial charge on any atom is 0.280 e. The van der Waals surface area contributed by atoms with Gasteiger partial charge in [0.15, 0.2) is 0 Å².